The predicted molar refractivity (Wildman–Crippen MR) is 97.5 cm³/mol. The zero-order chi connectivity index (χ0) is 19.0. The average Bonchev–Trinajstić information content (AvgIpc) is 3.33. The van der Waals surface area contributed by atoms with E-state index in [1.54, 1.807) is 23.1 Å². The van der Waals surface area contributed by atoms with Crippen LogP contribution in [-0.2, 0) is 25.6 Å². The van der Waals surface area contributed by atoms with Crippen LogP contribution in [-0.4, -0.2) is 71.7 Å². The van der Waals surface area contributed by atoms with E-state index in [-0.39, 0.29) is 17.9 Å². The molecule has 0 N–H and O–H groups in total. The van der Waals surface area contributed by atoms with Gasteiger partial charge in [0.2, 0.25) is 11.8 Å². The van der Waals surface area contributed by atoms with Crippen LogP contribution in [0.2, 0.25) is 0 Å². The Balaban J connectivity index is 1.55. The number of nitrogens with zero attached hydrogens (tertiary/aromatic N) is 3. The Morgan fingerprint density at radius 2 is 2.33 bits per heavy atom. The van der Waals surface area contributed by atoms with Gasteiger partial charge in [0.15, 0.2) is 0 Å². The van der Waals surface area contributed by atoms with Crippen LogP contribution in [0.25, 0.3) is 0 Å². The molecule has 2 fully saturated rings. The summed E-state index contributed by atoms with van der Waals surface area (Å²) >= 11 is 0. The Morgan fingerprint density at radius 1 is 1.48 bits per heavy atom. The highest BCUT2D eigenvalue weighted by Gasteiger charge is 2.67. The van der Waals surface area contributed by atoms with Crippen molar-refractivity contribution in [1.29, 1.82) is 0 Å². The molecule has 4 rings (SSSR count). The van der Waals surface area contributed by atoms with Gasteiger partial charge in [-0.25, -0.2) is 0 Å². The quantitative estimate of drug-likeness (QED) is 0.665. The molecule has 7 nitrogen and oxygen atoms in total. The number of methoxy groups -OCH3 is 1. The summed E-state index contributed by atoms with van der Waals surface area (Å²) in [6.07, 6.45) is 5.32. The van der Waals surface area contributed by atoms with Gasteiger partial charge in [-0.15, -0.1) is 0 Å². The molecule has 2 amide bonds. The lowest BCUT2D eigenvalue weighted by molar-refractivity contribution is -0.143. The molecule has 2 bridgehead atoms. The lowest BCUT2D eigenvalue weighted by atomic mass is 9.76. The van der Waals surface area contributed by atoms with E-state index in [1.165, 1.54) is 0 Å². The number of likely N-dealkylation sites (tertiary alicyclic amines) is 1. The lowest BCUT2D eigenvalue weighted by Gasteiger charge is -2.29. The second-order valence-corrected chi connectivity index (χ2v) is 7.33. The molecule has 144 valence electrons. The van der Waals surface area contributed by atoms with E-state index < -0.39 is 17.4 Å². The topological polar surface area (TPSA) is 72.0 Å². The summed E-state index contributed by atoms with van der Waals surface area (Å²) in [5, 5.41) is 0. The van der Waals surface area contributed by atoms with Crippen molar-refractivity contribution in [2.24, 2.45) is 11.8 Å². The Kier molecular flexibility index (Phi) is 4.74. The first-order valence-electron chi connectivity index (χ1n) is 9.43. The second-order valence-electron chi connectivity index (χ2n) is 7.33. The fourth-order valence-corrected chi connectivity index (χ4v) is 4.49. The Labute approximate surface area is 158 Å². The minimum atomic E-state index is -0.666. The number of fused-ring (bicyclic) bond motifs is 1. The molecular weight excluding hydrogens is 346 g/mol. The molecule has 3 aliphatic heterocycles. The van der Waals surface area contributed by atoms with E-state index in [9.17, 15) is 9.59 Å². The molecule has 1 spiro atoms. The third-order valence-corrected chi connectivity index (χ3v) is 5.80. The highest BCUT2D eigenvalue weighted by molar-refractivity contribution is 5.93. The zero-order valence-electron chi connectivity index (χ0n) is 15.7. The van der Waals surface area contributed by atoms with Crippen LogP contribution in [0.15, 0.2) is 36.5 Å². The van der Waals surface area contributed by atoms with Crippen LogP contribution in [0.5, 0.6) is 0 Å². The smallest absolute Gasteiger partial charge is 0.230 e. The van der Waals surface area contributed by atoms with Crippen molar-refractivity contribution < 1.29 is 19.1 Å². The summed E-state index contributed by atoms with van der Waals surface area (Å²) in [6.45, 7) is 4.42. The minimum absolute atomic E-state index is 0.00820. The number of carbonyl (C=O) groups is 2. The number of rotatable bonds is 7. The van der Waals surface area contributed by atoms with Crippen molar-refractivity contribution in [2.45, 2.75) is 25.2 Å². The van der Waals surface area contributed by atoms with Crippen molar-refractivity contribution >= 4 is 11.8 Å². The van der Waals surface area contributed by atoms with Gasteiger partial charge in [-0.3, -0.25) is 14.6 Å². The first-order valence-corrected chi connectivity index (χ1v) is 9.43. The van der Waals surface area contributed by atoms with Gasteiger partial charge in [0.05, 0.1) is 43.3 Å². The molecule has 3 aliphatic rings. The third-order valence-electron chi connectivity index (χ3n) is 5.80. The Morgan fingerprint density at radius 3 is 3.04 bits per heavy atom. The summed E-state index contributed by atoms with van der Waals surface area (Å²) in [6, 6.07) is 5.67. The molecule has 0 saturated carbocycles. The van der Waals surface area contributed by atoms with E-state index >= 15 is 0 Å². The van der Waals surface area contributed by atoms with Crippen molar-refractivity contribution in [3.8, 4) is 0 Å². The molecular formula is C20H25N3O4. The summed E-state index contributed by atoms with van der Waals surface area (Å²) in [4.78, 5) is 34.2. The molecule has 2 saturated heterocycles. The first-order chi connectivity index (χ1) is 13.1. The van der Waals surface area contributed by atoms with E-state index in [2.05, 4.69) is 4.98 Å². The molecule has 0 aliphatic carbocycles. The van der Waals surface area contributed by atoms with E-state index in [4.69, 9.17) is 9.47 Å². The Bertz CT molecular complexity index is 753. The molecule has 2 unspecified atom stereocenters. The van der Waals surface area contributed by atoms with Crippen LogP contribution < -0.4 is 0 Å². The summed E-state index contributed by atoms with van der Waals surface area (Å²) in [7, 11) is 1.62. The largest absolute Gasteiger partial charge is 0.383 e. The molecule has 0 radical (unpaired) electrons. The van der Waals surface area contributed by atoms with Crippen molar-refractivity contribution in [2.75, 3.05) is 33.4 Å². The van der Waals surface area contributed by atoms with Gasteiger partial charge < -0.3 is 19.3 Å². The van der Waals surface area contributed by atoms with Gasteiger partial charge in [-0.05, 0) is 19.1 Å². The number of aromatic nitrogens is 1. The van der Waals surface area contributed by atoms with E-state index in [0.29, 0.717) is 32.8 Å². The maximum atomic E-state index is 13.4. The molecule has 0 aromatic carbocycles. The van der Waals surface area contributed by atoms with E-state index in [1.807, 2.05) is 37.3 Å². The number of ether oxygens (including phenoxy) is 2. The normalized spacial score (nSPS) is 30.8. The van der Waals surface area contributed by atoms with Gasteiger partial charge in [0.1, 0.15) is 5.60 Å². The Hall–Kier alpha value is -2.25. The van der Waals surface area contributed by atoms with Gasteiger partial charge in [0, 0.05) is 26.4 Å². The predicted octanol–water partition coefficient (Wildman–Crippen LogP) is 0.859. The molecule has 1 aromatic heterocycles. The fourth-order valence-electron chi connectivity index (χ4n) is 4.49. The third kappa shape index (κ3) is 2.95. The summed E-state index contributed by atoms with van der Waals surface area (Å²) < 4.78 is 11.3. The maximum Gasteiger partial charge on any atom is 0.230 e. The van der Waals surface area contributed by atoms with Crippen LogP contribution in [0, 0.1) is 11.8 Å². The van der Waals surface area contributed by atoms with Crippen LogP contribution >= 0.6 is 0 Å². The van der Waals surface area contributed by atoms with Crippen LogP contribution in [0.3, 0.4) is 0 Å². The van der Waals surface area contributed by atoms with Crippen molar-refractivity contribution in [1.82, 2.24) is 14.8 Å². The SMILES string of the molecule is CCN(Cc1ccccn1)C(=O)C1C2C(=O)N(CCOC)C[C@]23C=C[C@H]1O3. The lowest BCUT2D eigenvalue weighted by Crippen LogP contribution is -2.46. The van der Waals surface area contributed by atoms with Crippen LogP contribution in [0.1, 0.15) is 12.6 Å². The van der Waals surface area contributed by atoms with Gasteiger partial charge in [-0.1, -0.05) is 18.2 Å². The van der Waals surface area contributed by atoms with Crippen molar-refractivity contribution in [3.05, 3.63) is 42.2 Å². The van der Waals surface area contributed by atoms with Crippen LogP contribution in [0.4, 0.5) is 0 Å². The number of carbonyl (C=O) groups excluding carboxylic acids is 2. The highest BCUT2D eigenvalue weighted by Crippen LogP contribution is 2.52. The average molecular weight is 371 g/mol. The van der Waals surface area contributed by atoms with E-state index in [0.717, 1.165) is 5.69 Å². The number of pyridine rings is 1. The number of hydrogen-bond acceptors (Lipinski definition) is 5. The van der Waals surface area contributed by atoms with Gasteiger partial charge in [-0.2, -0.15) is 0 Å². The summed E-state index contributed by atoms with van der Waals surface area (Å²) in [5.41, 5.74) is 0.168. The summed E-state index contributed by atoms with van der Waals surface area (Å²) in [5.74, 6) is -0.967. The fraction of sp³-hybridized carbons (Fsp3) is 0.550. The molecule has 4 atom stereocenters. The molecule has 1 aromatic rings. The van der Waals surface area contributed by atoms with Crippen molar-refractivity contribution in [3.63, 3.8) is 0 Å². The first kappa shape index (κ1) is 18.1. The zero-order valence-corrected chi connectivity index (χ0v) is 15.7. The highest BCUT2D eigenvalue weighted by atomic mass is 16.5. The molecule has 27 heavy (non-hydrogen) atoms. The number of hydrogen-bond donors (Lipinski definition) is 0. The van der Waals surface area contributed by atoms with Gasteiger partial charge >= 0.3 is 0 Å². The molecule has 7 heteroatoms. The maximum absolute atomic E-state index is 13.4. The second kappa shape index (κ2) is 7.05. The standard InChI is InChI=1S/C20H25N3O4/c1-3-22(12-14-6-4-5-9-21-14)18(24)16-15-7-8-20(27-15)13-23(10-11-26-2)19(25)17(16)20/h4-9,15-17H,3,10-13H2,1-2H3/t15-,16?,17?,20-/m1/s1. The monoisotopic (exact) mass is 371 g/mol. The number of amides is 2. The minimum Gasteiger partial charge on any atom is -0.383 e. The van der Waals surface area contributed by atoms with Gasteiger partial charge in [0.25, 0.3) is 0 Å². The molecule has 4 heterocycles.